The van der Waals surface area contributed by atoms with Crippen LogP contribution in [0.1, 0.15) is 36.8 Å². The van der Waals surface area contributed by atoms with E-state index < -0.39 is 10.0 Å². The van der Waals surface area contributed by atoms with Gasteiger partial charge in [0, 0.05) is 19.6 Å². The van der Waals surface area contributed by atoms with E-state index in [0.29, 0.717) is 30.3 Å². The number of likely N-dealkylation sites (N-methyl/N-ethyl adjacent to an activating group) is 1. The van der Waals surface area contributed by atoms with Crippen molar-refractivity contribution < 1.29 is 13.2 Å². The summed E-state index contributed by atoms with van der Waals surface area (Å²) in [7, 11) is -1.75. The molecule has 2 aromatic rings. The van der Waals surface area contributed by atoms with Gasteiger partial charge >= 0.3 is 0 Å². The van der Waals surface area contributed by atoms with Gasteiger partial charge in [-0.3, -0.25) is 9.69 Å². The van der Waals surface area contributed by atoms with Gasteiger partial charge in [-0.1, -0.05) is 54.3 Å². The van der Waals surface area contributed by atoms with Gasteiger partial charge in [0.05, 0.1) is 22.2 Å². The predicted molar refractivity (Wildman–Crippen MR) is 125 cm³/mol. The zero-order valence-electron chi connectivity index (χ0n) is 18.1. The summed E-state index contributed by atoms with van der Waals surface area (Å²) in [6, 6.07) is 12.6. The van der Waals surface area contributed by atoms with Crippen LogP contribution in [0.15, 0.2) is 47.4 Å². The lowest BCUT2D eigenvalue weighted by molar-refractivity contribution is -0.117. The largest absolute Gasteiger partial charge is 0.324 e. The predicted octanol–water partition coefficient (Wildman–Crippen LogP) is 4.28. The van der Waals surface area contributed by atoms with E-state index in [-0.39, 0.29) is 17.3 Å². The molecule has 0 saturated carbocycles. The van der Waals surface area contributed by atoms with Gasteiger partial charge in [-0.05, 0) is 50.6 Å². The fourth-order valence-corrected chi connectivity index (χ4v) is 5.40. The monoisotopic (exact) mass is 463 g/mol. The molecule has 0 bridgehead atoms. The Bertz CT molecular complexity index is 1000. The van der Waals surface area contributed by atoms with Gasteiger partial charge < -0.3 is 5.32 Å². The summed E-state index contributed by atoms with van der Waals surface area (Å²) in [6.07, 6.45) is 3.82. The number of carbonyl (C=O) groups is 1. The topological polar surface area (TPSA) is 69.7 Å². The molecule has 0 aromatic heterocycles. The Morgan fingerprint density at radius 1 is 1.06 bits per heavy atom. The SMILES string of the molecule is Cc1ccc(CN(C)CC(=O)Nc2cc(S(=O)(=O)N3CCCCCC3)ccc2Cl)cc1. The molecule has 1 fully saturated rings. The molecule has 0 spiro atoms. The Labute approximate surface area is 190 Å². The Morgan fingerprint density at radius 2 is 1.71 bits per heavy atom. The van der Waals surface area contributed by atoms with Crippen LogP contribution in [0.4, 0.5) is 5.69 Å². The van der Waals surface area contributed by atoms with Crippen molar-refractivity contribution in [2.45, 2.75) is 44.0 Å². The molecule has 2 aromatic carbocycles. The van der Waals surface area contributed by atoms with Crippen molar-refractivity contribution in [1.82, 2.24) is 9.21 Å². The average molecular weight is 464 g/mol. The van der Waals surface area contributed by atoms with Crippen LogP contribution in [0, 0.1) is 6.92 Å². The first-order valence-corrected chi connectivity index (χ1v) is 12.4. The van der Waals surface area contributed by atoms with Crippen LogP contribution in [0.5, 0.6) is 0 Å². The Morgan fingerprint density at radius 3 is 2.35 bits per heavy atom. The van der Waals surface area contributed by atoms with Gasteiger partial charge in [-0.25, -0.2) is 8.42 Å². The van der Waals surface area contributed by atoms with E-state index in [4.69, 9.17) is 11.6 Å². The minimum absolute atomic E-state index is 0.155. The van der Waals surface area contributed by atoms with Crippen molar-refractivity contribution in [1.29, 1.82) is 0 Å². The van der Waals surface area contributed by atoms with Crippen LogP contribution >= 0.6 is 11.6 Å². The molecule has 1 N–H and O–H groups in total. The number of sulfonamides is 1. The molecular formula is C23H30ClN3O3S. The number of hydrogen-bond acceptors (Lipinski definition) is 4. The number of carbonyl (C=O) groups excluding carboxylic acids is 1. The molecule has 1 saturated heterocycles. The number of amides is 1. The third-order valence-electron chi connectivity index (χ3n) is 5.40. The van der Waals surface area contributed by atoms with Crippen molar-refractivity contribution in [2.75, 3.05) is 32.0 Å². The van der Waals surface area contributed by atoms with Crippen molar-refractivity contribution >= 4 is 33.2 Å². The van der Waals surface area contributed by atoms with Crippen molar-refractivity contribution in [2.24, 2.45) is 0 Å². The fraction of sp³-hybridized carbons (Fsp3) is 0.435. The van der Waals surface area contributed by atoms with Gasteiger partial charge in [-0.15, -0.1) is 0 Å². The second-order valence-corrected chi connectivity index (χ2v) is 10.5. The molecule has 1 amide bonds. The van der Waals surface area contributed by atoms with Crippen molar-refractivity contribution in [3.63, 3.8) is 0 Å². The van der Waals surface area contributed by atoms with E-state index in [1.165, 1.54) is 28.1 Å². The minimum atomic E-state index is -3.61. The van der Waals surface area contributed by atoms with Gasteiger partial charge in [-0.2, -0.15) is 4.31 Å². The first kappa shape index (κ1) is 23.7. The van der Waals surface area contributed by atoms with Crippen LogP contribution < -0.4 is 5.32 Å². The van der Waals surface area contributed by atoms with E-state index in [1.54, 1.807) is 0 Å². The second-order valence-electron chi connectivity index (χ2n) is 8.17. The Kier molecular flexibility index (Phi) is 8.11. The summed E-state index contributed by atoms with van der Waals surface area (Å²) in [5.74, 6) is -0.249. The van der Waals surface area contributed by atoms with E-state index in [9.17, 15) is 13.2 Å². The number of nitrogens with one attached hydrogen (secondary N) is 1. The fourth-order valence-electron chi connectivity index (χ4n) is 3.69. The molecule has 6 nitrogen and oxygen atoms in total. The number of benzene rings is 2. The lowest BCUT2D eigenvalue weighted by Gasteiger charge is -2.21. The zero-order valence-corrected chi connectivity index (χ0v) is 19.7. The normalized spacial score (nSPS) is 15.6. The average Bonchev–Trinajstić information content (AvgIpc) is 3.01. The lowest BCUT2D eigenvalue weighted by atomic mass is 10.1. The molecule has 1 heterocycles. The molecule has 1 aliphatic heterocycles. The summed E-state index contributed by atoms with van der Waals surface area (Å²) in [6.45, 7) is 3.87. The van der Waals surface area contributed by atoms with E-state index in [1.807, 2.05) is 43.1 Å². The molecule has 0 unspecified atom stereocenters. The molecular weight excluding hydrogens is 434 g/mol. The van der Waals surface area contributed by atoms with Gasteiger partial charge in [0.25, 0.3) is 0 Å². The molecule has 168 valence electrons. The molecule has 0 radical (unpaired) electrons. The third kappa shape index (κ3) is 6.53. The number of anilines is 1. The Balaban J connectivity index is 1.66. The van der Waals surface area contributed by atoms with Crippen LogP contribution in [0.3, 0.4) is 0 Å². The highest BCUT2D eigenvalue weighted by molar-refractivity contribution is 7.89. The number of halogens is 1. The third-order valence-corrected chi connectivity index (χ3v) is 7.63. The van der Waals surface area contributed by atoms with E-state index >= 15 is 0 Å². The molecule has 0 aliphatic carbocycles. The van der Waals surface area contributed by atoms with Crippen molar-refractivity contribution in [3.05, 3.63) is 58.6 Å². The van der Waals surface area contributed by atoms with Crippen molar-refractivity contribution in [3.8, 4) is 0 Å². The number of rotatable bonds is 7. The molecule has 0 atom stereocenters. The van der Waals surface area contributed by atoms with Gasteiger partial charge in [0.1, 0.15) is 0 Å². The van der Waals surface area contributed by atoms with E-state index in [0.717, 1.165) is 31.2 Å². The highest BCUT2D eigenvalue weighted by atomic mass is 35.5. The maximum Gasteiger partial charge on any atom is 0.243 e. The smallest absolute Gasteiger partial charge is 0.243 e. The molecule has 3 rings (SSSR count). The first-order chi connectivity index (χ1) is 14.8. The molecule has 31 heavy (non-hydrogen) atoms. The van der Waals surface area contributed by atoms with Gasteiger partial charge in [0.15, 0.2) is 0 Å². The molecule has 1 aliphatic rings. The van der Waals surface area contributed by atoms with Crippen LogP contribution in [0.2, 0.25) is 5.02 Å². The second kappa shape index (κ2) is 10.6. The quantitative estimate of drug-likeness (QED) is 0.665. The van der Waals surface area contributed by atoms with Crippen LogP contribution in [-0.2, 0) is 21.4 Å². The minimum Gasteiger partial charge on any atom is -0.324 e. The summed E-state index contributed by atoms with van der Waals surface area (Å²) >= 11 is 6.25. The summed E-state index contributed by atoms with van der Waals surface area (Å²) in [5, 5.41) is 3.08. The lowest BCUT2D eigenvalue weighted by Crippen LogP contribution is -2.32. The highest BCUT2D eigenvalue weighted by Gasteiger charge is 2.26. The maximum atomic E-state index is 13.1. The van der Waals surface area contributed by atoms with Gasteiger partial charge in [0.2, 0.25) is 15.9 Å². The van der Waals surface area contributed by atoms with Crippen LogP contribution in [0.25, 0.3) is 0 Å². The Hall–Kier alpha value is -1.93. The summed E-state index contributed by atoms with van der Waals surface area (Å²) in [4.78, 5) is 14.6. The number of aryl methyl sites for hydroxylation is 1. The zero-order chi connectivity index (χ0) is 22.4. The standard InChI is InChI=1S/C23H30ClN3O3S/c1-18-7-9-19(10-8-18)16-26(2)17-23(28)25-22-15-20(11-12-21(22)24)31(29,30)27-13-5-3-4-6-14-27/h7-12,15H,3-6,13-14,16-17H2,1-2H3,(H,25,28). The number of nitrogens with zero attached hydrogens (tertiary/aromatic N) is 2. The first-order valence-electron chi connectivity index (χ1n) is 10.6. The van der Waals surface area contributed by atoms with E-state index in [2.05, 4.69) is 5.32 Å². The van der Waals surface area contributed by atoms with Crippen LogP contribution in [-0.4, -0.2) is 50.2 Å². The summed E-state index contributed by atoms with van der Waals surface area (Å²) in [5.41, 5.74) is 2.62. The summed E-state index contributed by atoms with van der Waals surface area (Å²) < 4.78 is 27.6. The maximum absolute atomic E-state index is 13.1. The highest BCUT2D eigenvalue weighted by Crippen LogP contribution is 2.28. The number of hydrogen-bond donors (Lipinski definition) is 1. The molecule has 8 heteroatoms.